The summed E-state index contributed by atoms with van der Waals surface area (Å²) in [4.78, 5) is 16.4. The predicted octanol–water partition coefficient (Wildman–Crippen LogP) is 2.95. The number of rotatable bonds is 8. The van der Waals surface area contributed by atoms with Crippen LogP contribution in [0.2, 0.25) is 0 Å². The Morgan fingerprint density at radius 2 is 1.68 bits per heavy atom. The molecule has 1 aromatic rings. The lowest BCUT2D eigenvalue weighted by molar-refractivity contribution is -0.128. The van der Waals surface area contributed by atoms with Crippen LogP contribution in [0.5, 0.6) is 0 Å². The number of amides is 1. The lowest BCUT2D eigenvalue weighted by Gasteiger charge is -2.18. The zero-order valence-electron chi connectivity index (χ0n) is 15.9. The first-order valence-corrected chi connectivity index (χ1v) is 8.78. The molecule has 0 saturated carbocycles. The largest absolute Gasteiger partial charge is 0.357 e. The number of guanidine groups is 1. The van der Waals surface area contributed by atoms with E-state index in [2.05, 4.69) is 45.2 Å². The highest BCUT2D eigenvalue weighted by Gasteiger charge is 2.20. The smallest absolute Gasteiger partial charge is 0.225 e. The molecule has 1 rings (SSSR count). The van der Waals surface area contributed by atoms with E-state index >= 15 is 0 Å². The van der Waals surface area contributed by atoms with Crippen LogP contribution in [0.3, 0.4) is 0 Å². The van der Waals surface area contributed by atoms with Gasteiger partial charge in [-0.25, -0.2) is 0 Å². The molecule has 25 heavy (non-hydrogen) atoms. The number of aryl methyl sites for hydroxylation is 1. The minimum Gasteiger partial charge on any atom is -0.357 e. The Bertz CT molecular complexity index is 512. The number of aliphatic imine (C=N–C) groups is 1. The monoisotopic (exact) mass is 460 g/mol. The van der Waals surface area contributed by atoms with Crippen LogP contribution in [0, 0.1) is 5.41 Å². The van der Waals surface area contributed by atoms with Crippen LogP contribution < -0.4 is 16.0 Å². The highest BCUT2D eigenvalue weighted by molar-refractivity contribution is 14.0. The molecule has 0 aliphatic rings. The van der Waals surface area contributed by atoms with Crippen molar-refractivity contribution in [3.8, 4) is 0 Å². The van der Waals surface area contributed by atoms with Crippen molar-refractivity contribution in [3.05, 3.63) is 35.9 Å². The van der Waals surface area contributed by atoms with Crippen LogP contribution in [0.4, 0.5) is 0 Å². The standard InChI is InChI=1S/C19H32N4O.HI/c1-5-20-18(23-15-14-21-17(24)19(2,3)4)22-13-9-12-16-10-7-6-8-11-16;/h6-8,10-11H,5,9,12-15H2,1-4H3,(H,21,24)(H2,20,22,23);1H. The van der Waals surface area contributed by atoms with Gasteiger partial charge in [-0.2, -0.15) is 0 Å². The summed E-state index contributed by atoms with van der Waals surface area (Å²) in [5, 5.41) is 9.40. The third-order valence-electron chi connectivity index (χ3n) is 3.46. The molecule has 0 aliphatic carbocycles. The van der Waals surface area contributed by atoms with E-state index in [1.54, 1.807) is 0 Å². The van der Waals surface area contributed by atoms with Gasteiger partial charge in [-0.05, 0) is 25.3 Å². The molecule has 142 valence electrons. The number of halogens is 1. The molecule has 0 saturated heterocycles. The first-order chi connectivity index (χ1) is 11.4. The van der Waals surface area contributed by atoms with Crippen LogP contribution in [-0.2, 0) is 11.2 Å². The SMILES string of the molecule is CCNC(=NCCCc1ccccc1)NCCNC(=O)C(C)(C)C.I. The lowest BCUT2D eigenvalue weighted by atomic mass is 9.96. The Labute approximate surface area is 169 Å². The molecule has 0 heterocycles. The molecule has 0 fully saturated rings. The first kappa shape index (κ1) is 23.7. The maximum atomic E-state index is 11.8. The topological polar surface area (TPSA) is 65.5 Å². The second kappa shape index (κ2) is 13.0. The summed E-state index contributed by atoms with van der Waals surface area (Å²) in [6, 6.07) is 10.5. The van der Waals surface area contributed by atoms with E-state index in [1.165, 1.54) is 5.56 Å². The number of nitrogens with zero attached hydrogens (tertiary/aromatic N) is 1. The fourth-order valence-corrected chi connectivity index (χ4v) is 2.08. The molecule has 0 bridgehead atoms. The zero-order valence-corrected chi connectivity index (χ0v) is 18.2. The van der Waals surface area contributed by atoms with Crippen molar-refractivity contribution in [1.29, 1.82) is 0 Å². The molecule has 5 nitrogen and oxygen atoms in total. The van der Waals surface area contributed by atoms with Crippen molar-refractivity contribution < 1.29 is 4.79 Å². The first-order valence-electron chi connectivity index (χ1n) is 8.78. The van der Waals surface area contributed by atoms with Crippen molar-refractivity contribution in [2.24, 2.45) is 10.4 Å². The average Bonchev–Trinajstić information content (AvgIpc) is 2.55. The summed E-state index contributed by atoms with van der Waals surface area (Å²) in [6.07, 6.45) is 2.05. The van der Waals surface area contributed by atoms with Crippen molar-refractivity contribution in [2.45, 2.75) is 40.5 Å². The number of hydrogen-bond donors (Lipinski definition) is 3. The number of hydrogen-bond acceptors (Lipinski definition) is 2. The summed E-state index contributed by atoms with van der Waals surface area (Å²) in [7, 11) is 0. The molecule has 1 amide bonds. The number of carbonyl (C=O) groups is 1. The van der Waals surface area contributed by atoms with Crippen molar-refractivity contribution in [2.75, 3.05) is 26.2 Å². The van der Waals surface area contributed by atoms with Crippen molar-refractivity contribution >= 4 is 35.8 Å². The summed E-state index contributed by atoms with van der Waals surface area (Å²) >= 11 is 0. The third-order valence-corrected chi connectivity index (χ3v) is 3.46. The molecule has 0 radical (unpaired) electrons. The van der Waals surface area contributed by atoms with Gasteiger partial charge in [0.25, 0.3) is 0 Å². The average molecular weight is 460 g/mol. The molecular weight excluding hydrogens is 427 g/mol. The van der Waals surface area contributed by atoms with Gasteiger partial charge in [0.05, 0.1) is 0 Å². The predicted molar refractivity (Wildman–Crippen MR) is 117 cm³/mol. The summed E-state index contributed by atoms with van der Waals surface area (Å²) in [6.45, 7) is 10.6. The van der Waals surface area contributed by atoms with E-state index in [-0.39, 0.29) is 35.3 Å². The summed E-state index contributed by atoms with van der Waals surface area (Å²) in [5.41, 5.74) is 0.992. The van der Waals surface area contributed by atoms with Crippen LogP contribution >= 0.6 is 24.0 Å². The Morgan fingerprint density at radius 3 is 2.28 bits per heavy atom. The fourth-order valence-electron chi connectivity index (χ4n) is 2.08. The number of benzene rings is 1. The van der Waals surface area contributed by atoms with Gasteiger partial charge in [0.15, 0.2) is 5.96 Å². The Hall–Kier alpha value is -1.31. The van der Waals surface area contributed by atoms with Gasteiger partial charge in [-0.15, -0.1) is 24.0 Å². The van der Waals surface area contributed by atoms with Gasteiger partial charge >= 0.3 is 0 Å². The Morgan fingerprint density at radius 1 is 1.04 bits per heavy atom. The number of nitrogens with one attached hydrogen (secondary N) is 3. The number of carbonyl (C=O) groups excluding carboxylic acids is 1. The Balaban J connectivity index is 0.00000576. The third kappa shape index (κ3) is 11.0. The summed E-state index contributed by atoms with van der Waals surface area (Å²) < 4.78 is 0. The van der Waals surface area contributed by atoms with Crippen molar-refractivity contribution in [1.82, 2.24) is 16.0 Å². The molecule has 0 unspecified atom stereocenters. The molecule has 0 atom stereocenters. The minimum absolute atomic E-state index is 0. The van der Waals surface area contributed by atoms with Gasteiger partial charge < -0.3 is 16.0 Å². The molecule has 0 spiro atoms. The highest BCUT2D eigenvalue weighted by Crippen LogP contribution is 2.11. The second-order valence-corrected chi connectivity index (χ2v) is 6.78. The Kier molecular flexibility index (Phi) is 12.3. The van der Waals surface area contributed by atoms with Gasteiger partial charge in [0.2, 0.25) is 5.91 Å². The van der Waals surface area contributed by atoms with Gasteiger partial charge in [-0.3, -0.25) is 9.79 Å². The van der Waals surface area contributed by atoms with Crippen molar-refractivity contribution in [3.63, 3.8) is 0 Å². The maximum absolute atomic E-state index is 11.8. The van der Waals surface area contributed by atoms with Gasteiger partial charge in [-0.1, -0.05) is 51.1 Å². The molecular formula is C19H33IN4O. The van der Waals surface area contributed by atoms with E-state index in [0.717, 1.165) is 31.9 Å². The van der Waals surface area contributed by atoms with Crippen LogP contribution in [0.15, 0.2) is 35.3 Å². The van der Waals surface area contributed by atoms with E-state index in [1.807, 2.05) is 33.8 Å². The van der Waals surface area contributed by atoms with E-state index < -0.39 is 0 Å². The lowest BCUT2D eigenvalue weighted by Crippen LogP contribution is -2.43. The quantitative estimate of drug-likeness (QED) is 0.242. The molecule has 0 aromatic heterocycles. The zero-order chi connectivity index (χ0) is 17.8. The van der Waals surface area contributed by atoms with Crippen LogP contribution in [0.25, 0.3) is 0 Å². The second-order valence-electron chi connectivity index (χ2n) is 6.78. The summed E-state index contributed by atoms with van der Waals surface area (Å²) in [5.74, 6) is 0.865. The molecule has 3 N–H and O–H groups in total. The molecule has 1 aromatic carbocycles. The van der Waals surface area contributed by atoms with E-state index in [0.29, 0.717) is 13.1 Å². The fraction of sp³-hybridized carbons (Fsp3) is 0.579. The normalized spacial score (nSPS) is 11.4. The molecule has 0 aliphatic heterocycles. The van der Waals surface area contributed by atoms with E-state index in [9.17, 15) is 4.79 Å². The van der Waals surface area contributed by atoms with Crippen LogP contribution in [0.1, 0.15) is 39.7 Å². The van der Waals surface area contributed by atoms with Gasteiger partial charge in [0.1, 0.15) is 0 Å². The molecule has 6 heteroatoms. The van der Waals surface area contributed by atoms with Gasteiger partial charge in [0, 0.05) is 31.6 Å². The highest BCUT2D eigenvalue weighted by atomic mass is 127. The van der Waals surface area contributed by atoms with Crippen LogP contribution in [-0.4, -0.2) is 38.0 Å². The maximum Gasteiger partial charge on any atom is 0.225 e. The van der Waals surface area contributed by atoms with E-state index in [4.69, 9.17) is 0 Å². The minimum atomic E-state index is -0.351.